The lowest BCUT2D eigenvalue weighted by Crippen LogP contribution is -2.55. The highest BCUT2D eigenvalue weighted by molar-refractivity contribution is 5.38. The number of aliphatic hydroxyl groups is 2. The molecule has 4 rings (SSSR count). The SMILES string of the molecule is C=C(CC[C@@H](C)[C@H]1CC[C@@]2(C)C3=C(CC[C@]12C)[C@@]1(C)CCC(O)(O)C(C)C1CC3)C(C)C. The zero-order valence-electron chi connectivity index (χ0n) is 22.1. The molecule has 0 aliphatic heterocycles. The van der Waals surface area contributed by atoms with Gasteiger partial charge in [-0.3, -0.25) is 0 Å². The number of fused-ring (bicyclic) bond motifs is 4. The van der Waals surface area contributed by atoms with Gasteiger partial charge < -0.3 is 10.2 Å². The first kappa shape index (κ1) is 24.5. The Morgan fingerprint density at radius 3 is 2.31 bits per heavy atom. The Balaban J connectivity index is 1.61. The van der Waals surface area contributed by atoms with Gasteiger partial charge in [0.15, 0.2) is 5.79 Å². The molecule has 0 aromatic rings. The van der Waals surface area contributed by atoms with Crippen LogP contribution in [0.15, 0.2) is 23.3 Å². The van der Waals surface area contributed by atoms with Gasteiger partial charge in [0.25, 0.3) is 0 Å². The van der Waals surface area contributed by atoms with Gasteiger partial charge in [-0.15, -0.1) is 0 Å². The molecule has 0 amide bonds. The first-order chi connectivity index (χ1) is 14.8. The second-order valence-electron chi connectivity index (χ2n) is 13.4. The van der Waals surface area contributed by atoms with Gasteiger partial charge in [0.1, 0.15) is 0 Å². The lowest BCUT2D eigenvalue weighted by atomic mass is 9.45. The van der Waals surface area contributed by atoms with E-state index in [1.807, 2.05) is 0 Å². The molecule has 0 spiro atoms. The highest BCUT2D eigenvalue weighted by Gasteiger charge is 2.63. The van der Waals surface area contributed by atoms with Crippen LogP contribution in [0.5, 0.6) is 0 Å². The molecule has 0 saturated heterocycles. The molecule has 0 heterocycles. The molecule has 7 atom stereocenters. The zero-order valence-corrected chi connectivity index (χ0v) is 22.1. The lowest BCUT2D eigenvalue weighted by Gasteiger charge is -2.60. The van der Waals surface area contributed by atoms with Crippen molar-refractivity contribution in [3.05, 3.63) is 23.3 Å². The second kappa shape index (κ2) is 7.98. The third kappa shape index (κ3) is 3.41. The molecule has 32 heavy (non-hydrogen) atoms. The predicted octanol–water partition coefficient (Wildman–Crippen LogP) is 7.66. The first-order valence-electron chi connectivity index (χ1n) is 13.6. The molecule has 4 aliphatic rings. The van der Waals surface area contributed by atoms with Gasteiger partial charge in [-0.25, -0.2) is 0 Å². The van der Waals surface area contributed by atoms with Crippen molar-refractivity contribution in [2.24, 2.45) is 45.8 Å². The first-order valence-corrected chi connectivity index (χ1v) is 13.6. The quantitative estimate of drug-likeness (QED) is 0.339. The van der Waals surface area contributed by atoms with E-state index in [-0.39, 0.29) is 11.3 Å². The molecule has 2 nitrogen and oxygen atoms in total. The Labute approximate surface area is 198 Å². The van der Waals surface area contributed by atoms with Crippen LogP contribution in [0.3, 0.4) is 0 Å². The maximum Gasteiger partial charge on any atom is 0.165 e. The van der Waals surface area contributed by atoms with Crippen molar-refractivity contribution < 1.29 is 10.2 Å². The molecule has 0 bridgehead atoms. The summed E-state index contributed by atoms with van der Waals surface area (Å²) in [6, 6.07) is 0. The predicted molar refractivity (Wildman–Crippen MR) is 134 cm³/mol. The molecule has 0 aromatic carbocycles. The van der Waals surface area contributed by atoms with Crippen molar-refractivity contribution in [3.8, 4) is 0 Å². The van der Waals surface area contributed by atoms with Crippen LogP contribution in [0.1, 0.15) is 113 Å². The van der Waals surface area contributed by atoms with E-state index < -0.39 is 5.79 Å². The number of hydrogen-bond donors (Lipinski definition) is 2. The highest BCUT2D eigenvalue weighted by atomic mass is 16.5. The van der Waals surface area contributed by atoms with E-state index >= 15 is 0 Å². The average Bonchev–Trinajstić information content (AvgIpc) is 3.01. The van der Waals surface area contributed by atoms with E-state index in [2.05, 4.69) is 55.0 Å². The van der Waals surface area contributed by atoms with Gasteiger partial charge in [0.05, 0.1) is 0 Å². The lowest BCUT2D eigenvalue weighted by molar-refractivity contribution is -0.245. The summed E-state index contributed by atoms with van der Waals surface area (Å²) in [4.78, 5) is 0. The number of allylic oxidation sites excluding steroid dienone is 3. The van der Waals surface area contributed by atoms with Gasteiger partial charge in [-0.1, -0.05) is 71.8 Å². The van der Waals surface area contributed by atoms with E-state index in [0.717, 1.165) is 24.7 Å². The Morgan fingerprint density at radius 1 is 0.969 bits per heavy atom. The molecule has 2 heteroatoms. The summed E-state index contributed by atoms with van der Waals surface area (Å²) in [6.07, 6.45) is 11.4. The van der Waals surface area contributed by atoms with E-state index in [1.54, 1.807) is 11.1 Å². The van der Waals surface area contributed by atoms with Crippen molar-refractivity contribution in [1.82, 2.24) is 0 Å². The minimum atomic E-state index is -1.48. The molecular formula is C30H50O2. The van der Waals surface area contributed by atoms with Crippen LogP contribution in [0.25, 0.3) is 0 Å². The minimum Gasteiger partial charge on any atom is -0.365 e. The molecule has 4 aliphatic carbocycles. The van der Waals surface area contributed by atoms with Gasteiger partial charge in [-0.05, 0) is 97.7 Å². The normalized spacial score (nSPS) is 44.1. The Morgan fingerprint density at radius 2 is 1.66 bits per heavy atom. The summed E-state index contributed by atoms with van der Waals surface area (Å²) < 4.78 is 0. The van der Waals surface area contributed by atoms with Crippen molar-refractivity contribution in [1.29, 1.82) is 0 Å². The third-order valence-electron chi connectivity index (χ3n) is 11.9. The van der Waals surface area contributed by atoms with Crippen LogP contribution in [0.2, 0.25) is 0 Å². The van der Waals surface area contributed by atoms with Crippen molar-refractivity contribution in [3.63, 3.8) is 0 Å². The smallest absolute Gasteiger partial charge is 0.165 e. The summed E-state index contributed by atoms with van der Waals surface area (Å²) in [5, 5.41) is 21.2. The van der Waals surface area contributed by atoms with Crippen LogP contribution in [-0.4, -0.2) is 16.0 Å². The van der Waals surface area contributed by atoms with E-state index in [0.29, 0.717) is 29.1 Å². The van der Waals surface area contributed by atoms with Crippen molar-refractivity contribution in [2.75, 3.05) is 0 Å². The fourth-order valence-corrected chi connectivity index (χ4v) is 9.13. The summed E-state index contributed by atoms with van der Waals surface area (Å²) in [5.74, 6) is 1.03. The standard InChI is InChI=1S/C30H50O2/c1-19(2)20(3)9-10-21(4)23-13-15-29(8)26-12-11-24-22(5)30(31,32)18-17-27(24,6)25(26)14-16-28(23,29)7/h19,21-24,31-32H,3,9-18H2,1-2,4-8H3/t21-,22?,23-,24?,27+,28-,29+/m1/s1. The molecule has 0 aromatic heterocycles. The third-order valence-corrected chi connectivity index (χ3v) is 11.9. The molecule has 2 unspecified atom stereocenters. The highest BCUT2D eigenvalue weighted by Crippen LogP contribution is 2.72. The molecule has 2 N–H and O–H groups in total. The molecule has 182 valence electrons. The summed E-state index contributed by atoms with van der Waals surface area (Å²) in [7, 11) is 0. The van der Waals surface area contributed by atoms with Crippen LogP contribution in [0.4, 0.5) is 0 Å². The van der Waals surface area contributed by atoms with Gasteiger partial charge in [0, 0.05) is 12.3 Å². The largest absolute Gasteiger partial charge is 0.365 e. The summed E-state index contributed by atoms with van der Waals surface area (Å²) in [6.45, 7) is 21.2. The second-order valence-corrected chi connectivity index (χ2v) is 13.4. The van der Waals surface area contributed by atoms with Crippen molar-refractivity contribution in [2.45, 2.75) is 118 Å². The minimum absolute atomic E-state index is 0.0400. The molecular weight excluding hydrogens is 392 g/mol. The molecule has 0 radical (unpaired) electrons. The van der Waals surface area contributed by atoms with Gasteiger partial charge >= 0.3 is 0 Å². The fourth-order valence-electron chi connectivity index (χ4n) is 9.13. The zero-order chi connectivity index (χ0) is 23.7. The Hall–Kier alpha value is -0.600. The van der Waals surface area contributed by atoms with Crippen LogP contribution in [0, 0.1) is 45.8 Å². The summed E-state index contributed by atoms with van der Waals surface area (Å²) in [5.41, 5.74) is 5.81. The monoisotopic (exact) mass is 442 g/mol. The molecule has 2 saturated carbocycles. The topological polar surface area (TPSA) is 40.5 Å². The van der Waals surface area contributed by atoms with E-state index in [9.17, 15) is 10.2 Å². The molecule has 2 fully saturated rings. The van der Waals surface area contributed by atoms with E-state index in [1.165, 1.54) is 50.5 Å². The van der Waals surface area contributed by atoms with Crippen LogP contribution < -0.4 is 0 Å². The number of rotatable bonds is 5. The van der Waals surface area contributed by atoms with Crippen LogP contribution >= 0.6 is 0 Å². The number of hydrogen-bond acceptors (Lipinski definition) is 2. The van der Waals surface area contributed by atoms with E-state index in [4.69, 9.17) is 0 Å². The van der Waals surface area contributed by atoms with Crippen molar-refractivity contribution >= 4 is 0 Å². The average molecular weight is 443 g/mol. The Bertz CT molecular complexity index is 791. The maximum atomic E-state index is 10.6. The summed E-state index contributed by atoms with van der Waals surface area (Å²) >= 11 is 0. The maximum absolute atomic E-state index is 10.6. The fraction of sp³-hybridized carbons (Fsp3) is 0.867. The van der Waals surface area contributed by atoms with Crippen LogP contribution in [-0.2, 0) is 0 Å². The van der Waals surface area contributed by atoms with Gasteiger partial charge in [0.2, 0.25) is 0 Å². The Kier molecular flexibility index (Phi) is 6.11. The van der Waals surface area contributed by atoms with Gasteiger partial charge in [-0.2, -0.15) is 0 Å².